The molecule has 0 spiro atoms. The summed E-state index contributed by atoms with van der Waals surface area (Å²) in [4.78, 5) is 42.1. The standard InChI is InChI=1S/C34H37ClN4O6/c1-18(34(42)36-13-12-21-17-37-26-10-7-22(35)15-24(21)26)38-28-11-8-23-25(16-29(28)41)27(39-19(2)40)9-6-20-14-30(43-3)32(44-4)33(45-5)31(20)23/h7-8,10-11,14-18,27,37H,6,9,12-13H2,1-5H3,(H,36,42)(H,38,41)(H,39,40). The molecule has 1 heterocycles. The number of carbonyl (C=O) groups excluding carboxylic acids is 2. The van der Waals surface area contributed by atoms with Crippen molar-refractivity contribution in [1.29, 1.82) is 0 Å². The summed E-state index contributed by atoms with van der Waals surface area (Å²) in [6.07, 6.45) is 3.67. The predicted molar refractivity (Wildman–Crippen MR) is 176 cm³/mol. The van der Waals surface area contributed by atoms with E-state index in [1.807, 2.05) is 36.5 Å². The van der Waals surface area contributed by atoms with Gasteiger partial charge in [-0.25, -0.2) is 0 Å². The predicted octanol–water partition coefficient (Wildman–Crippen LogP) is 5.16. The lowest BCUT2D eigenvalue weighted by Crippen LogP contribution is -2.39. The summed E-state index contributed by atoms with van der Waals surface area (Å²) >= 11 is 6.17. The molecule has 1 aromatic heterocycles. The molecule has 0 fully saturated rings. The molecule has 5 rings (SSSR count). The van der Waals surface area contributed by atoms with E-state index in [-0.39, 0.29) is 22.9 Å². The van der Waals surface area contributed by atoms with Gasteiger partial charge in [0.05, 0.1) is 33.1 Å². The fraction of sp³-hybridized carbons (Fsp3) is 0.324. The first-order valence-corrected chi connectivity index (χ1v) is 15.1. The molecule has 3 aromatic carbocycles. The highest BCUT2D eigenvalue weighted by Crippen LogP contribution is 2.50. The monoisotopic (exact) mass is 632 g/mol. The molecule has 4 N–H and O–H groups in total. The summed E-state index contributed by atoms with van der Waals surface area (Å²) in [7, 11) is 4.65. The van der Waals surface area contributed by atoms with Gasteiger partial charge in [-0.2, -0.15) is 0 Å². The number of halogens is 1. The molecule has 11 heteroatoms. The van der Waals surface area contributed by atoms with E-state index in [1.165, 1.54) is 20.1 Å². The highest BCUT2D eigenvalue weighted by molar-refractivity contribution is 6.31. The second-order valence-corrected chi connectivity index (χ2v) is 11.4. The van der Waals surface area contributed by atoms with Gasteiger partial charge >= 0.3 is 0 Å². The molecule has 2 unspecified atom stereocenters. The molecule has 45 heavy (non-hydrogen) atoms. The number of aryl methyl sites for hydroxylation is 1. The average Bonchev–Trinajstić information content (AvgIpc) is 3.27. The molecule has 2 atom stereocenters. The Morgan fingerprint density at radius 2 is 1.82 bits per heavy atom. The topological polar surface area (TPSA) is 131 Å². The number of aromatic nitrogens is 1. The van der Waals surface area contributed by atoms with Gasteiger partial charge in [-0.05, 0) is 84.8 Å². The van der Waals surface area contributed by atoms with Gasteiger partial charge in [-0.3, -0.25) is 14.4 Å². The molecule has 0 bridgehead atoms. The van der Waals surface area contributed by atoms with Crippen molar-refractivity contribution < 1.29 is 23.8 Å². The fourth-order valence-corrected chi connectivity index (χ4v) is 6.13. The van der Waals surface area contributed by atoms with Crippen molar-refractivity contribution in [3.8, 4) is 28.4 Å². The van der Waals surface area contributed by atoms with Crippen LogP contribution in [0.5, 0.6) is 17.2 Å². The number of benzene rings is 2. The Kier molecular flexibility index (Phi) is 9.53. The Hall–Kier alpha value is -4.70. The molecule has 0 radical (unpaired) electrons. The Morgan fingerprint density at radius 3 is 2.53 bits per heavy atom. The number of rotatable bonds is 10. The number of aromatic amines is 1. The molecular weight excluding hydrogens is 596 g/mol. The maximum absolute atomic E-state index is 13.6. The van der Waals surface area contributed by atoms with Gasteiger partial charge in [0.25, 0.3) is 0 Å². The van der Waals surface area contributed by atoms with Crippen LogP contribution in [0.2, 0.25) is 5.02 Å². The van der Waals surface area contributed by atoms with Gasteiger partial charge in [0.15, 0.2) is 11.5 Å². The number of carbonyl (C=O) groups is 2. The summed E-state index contributed by atoms with van der Waals surface area (Å²) in [6.45, 7) is 3.56. The first-order chi connectivity index (χ1) is 21.6. The van der Waals surface area contributed by atoms with E-state index in [9.17, 15) is 14.4 Å². The third kappa shape index (κ3) is 6.56. The molecule has 4 aromatic rings. The Bertz CT molecular complexity index is 1820. The molecule has 1 aliphatic rings. The summed E-state index contributed by atoms with van der Waals surface area (Å²) in [5, 5.41) is 10.7. The molecule has 10 nitrogen and oxygen atoms in total. The highest BCUT2D eigenvalue weighted by atomic mass is 35.5. The minimum Gasteiger partial charge on any atom is -0.493 e. The Balaban J connectivity index is 1.43. The molecule has 236 valence electrons. The van der Waals surface area contributed by atoms with Gasteiger partial charge in [-0.15, -0.1) is 0 Å². The number of amides is 2. The van der Waals surface area contributed by atoms with Crippen molar-refractivity contribution in [1.82, 2.24) is 15.6 Å². The van der Waals surface area contributed by atoms with E-state index >= 15 is 0 Å². The molecular formula is C34H37ClN4O6. The largest absolute Gasteiger partial charge is 0.493 e. The number of hydrogen-bond donors (Lipinski definition) is 4. The van der Waals surface area contributed by atoms with Gasteiger partial charge in [0.1, 0.15) is 6.04 Å². The number of anilines is 1. The van der Waals surface area contributed by atoms with Crippen LogP contribution in [0.3, 0.4) is 0 Å². The molecule has 2 amide bonds. The van der Waals surface area contributed by atoms with Crippen LogP contribution < -0.4 is 35.6 Å². The Morgan fingerprint density at radius 1 is 1.04 bits per heavy atom. The van der Waals surface area contributed by atoms with Crippen LogP contribution in [-0.4, -0.2) is 50.7 Å². The number of methoxy groups -OCH3 is 3. The zero-order valence-corrected chi connectivity index (χ0v) is 26.7. The van der Waals surface area contributed by atoms with Crippen molar-refractivity contribution in [3.63, 3.8) is 0 Å². The minimum atomic E-state index is -0.699. The van der Waals surface area contributed by atoms with Crippen molar-refractivity contribution >= 4 is 40.0 Å². The van der Waals surface area contributed by atoms with Crippen LogP contribution >= 0.6 is 11.6 Å². The molecule has 1 aliphatic carbocycles. The van der Waals surface area contributed by atoms with E-state index in [0.29, 0.717) is 59.2 Å². The van der Waals surface area contributed by atoms with Crippen molar-refractivity contribution in [2.24, 2.45) is 0 Å². The van der Waals surface area contributed by atoms with Crippen LogP contribution in [0.25, 0.3) is 22.0 Å². The maximum atomic E-state index is 13.6. The second-order valence-electron chi connectivity index (χ2n) is 11.0. The van der Waals surface area contributed by atoms with E-state index in [2.05, 4.69) is 20.9 Å². The van der Waals surface area contributed by atoms with Gasteiger partial charge < -0.3 is 35.1 Å². The lowest BCUT2D eigenvalue weighted by Gasteiger charge is -2.19. The first-order valence-electron chi connectivity index (χ1n) is 14.7. The van der Waals surface area contributed by atoms with E-state index < -0.39 is 12.1 Å². The number of hydrogen-bond acceptors (Lipinski definition) is 7. The summed E-state index contributed by atoms with van der Waals surface area (Å²) in [5.74, 6) is 0.955. The van der Waals surface area contributed by atoms with Gasteiger partial charge in [0.2, 0.25) is 23.0 Å². The Labute approximate surface area is 266 Å². The smallest absolute Gasteiger partial charge is 0.242 e. The third-order valence-electron chi connectivity index (χ3n) is 8.10. The van der Waals surface area contributed by atoms with E-state index in [1.54, 1.807) is 27.2 Å². The molecule has 0 saturated carbocycles. The lowest BCUT2D eigenvalue weighted by molar-refractivity contribution is -0.121. The third-order valence-corrected chi connectivity index (χ3v) is 8.34. The van der Waals surface area contributed by atoms with E-state index in [4.69, 9.17) is 25.8 Å². The van der Waals surface area contributed by atoms with Crippen molar-refractivity contribution in [2.75, 3.05) is 33.2 Å². The zero-order chi connectivity index (χ0) is 32.2. The highest BCUT2D eigenvalue weighted by Gasteiger charge is 2.29. The second kappa shape index (κ2) is 13.5. The first kappa shape index (κ1) is 31.7. The minimum absolute atomic E-state index is 0.211. The van der Waals surface area contributed by atoms with E-state index in [0.717, 1.165) is 27.6 Å². The van der Waals surface area contributed by atoms with Crippen LogP contribution in [0.15, 0.2) is 53.5 Å². The quantitative estimate of drug-likeness (QED) is 0.190. The fourth-order valence-electron chi connectivity index (χ4n) is 5.96. The average molecular weight is 633 g/mol. The van der Waals surface area contributed by atoms with Crippen LogP contribution in [0.1, 0.15) is 43.0 Å². The number of H-pyrrole nitrogens is 1. The summed E-state index contributed by atoms with van der Waals surface area (Å²) < 4.78 is 17.1. The van der Waals surface area contributed by atoms with Crippen LogP contribution in [0.4, 0.5) is 5.69 Å². The summed E-state index contributed by atoms with van der Waals surface area (Å²) in [5.41, 5.74) is 4.99. The van der Waals surface area contributed by atoms with Crippen LogP contribution in [0, 0.1) is 0 Å². The normalized spacial score (nSPS) is 14.4. The maximum Gasteiger partial charge on any atom is 0.242 e. The SMILES string of the molecule is COc1cc2c(c(OC)c1OC)-c1ccc(NC(C)C(=O)NCCc3c[nH]c4ccc(Cl)cc34)c(=O)cc1C(NC(C)=O)CC2. The van der Waals surface area contributed by atoms with Crippen LogP contribution in [-0.2, 0) is 22.4 Å². The van der Waals surface area contributed by atoms with Gasteiger partial charge in [-0.1, -0.05) is 17.7 Å². The summed E-state index contributed by atoms with van der Waals surface area (Å²) in [6, 6.07) is 11.4. The molecule has 0 aliphatic heterocycles. The molecule has 0 saturated heterocycles. The number of ether oxygens (including phenoxy) is 3. The zero-order valence-electron chi connectivity index (χ0n) is 25.9. The van der Waals surface area contributed by atoms with Gasteiger partial charge in [0, 0.05) is 41.2 Å². The lowest BCUT2D eigenvalue weighted by atomic mass is 9.95. The van der Waals surface area contributed by atoms with Crippen molar-refractivity contribution in [2.45, 2.75) is 45.2 Å². The number of fused-ring (bicyclic) bond motifs is 4. The number of nitrogens with one attached hydrogen (secondary N) is 4. The van der Waals surface area contributed by atoms with Crippen molar-refractivity contribution in [3.05, 3.63) is 80.6 Å².